The molecule has 0 aliphatic heterocycles. The lowest BCUT2D eigenvalue weighted by Gasteiger charge is -2.05. The van der Waals surface area contributed by atoms with Crippen molar-refractivity contribution in [3.63, 3.8) is 0 Å². The molecule has 0 saturated carbocycles. The Bertz CT molecular complexity index is 891. The summed E-state index contributed by atoms with van der Waals surface area (Å²) >= 11 is 5.76. The Labute approximate surface area is 136 Å². The van der Waals surface area contributed by atoms with Gasteiger partial charge in [-0.05, 0) is 13.0 Å². The maximum absolute atomic E-state index is 13.5. The van der Waals surface area contributed by atoms with E-state index < -0.39 is 5.82 Å². The topological polar surface area (TPSA) is 72.7 Å². The predicted molar refractivity (Wildman–Crippen MR) is 83.6 cm³/mol. The van der Waals surface area contributed by atoms with Gasteiger partial charge in [-0.15, -0.1) is 0 Å². The van der Waals surface area contributed by atoms with Crippen molar-refractivity contribution in [2.75, 3.05) is 0 Å². The summed E-state index contributed by atoms with van der Waals surface area (Å²) in [6.45, 7) is 1.97. The van der Waals surface area contributed by atoms with E-state index in [0.717, 1.165) is 5.69 Å². The Morgan fingerprint density at radius 2 is 2.13 bits per heavy atom. The van der Waals surface area contributed by atoms with E-state index in [1.165, 1.54) is 24.5 Å². The molecule has 3 rings (SSSR count). The highest BCUT2D eigenvalue weighted by molar-refractivity contribution is 6.31. The fourth-order valence-corrected chi connectivity index (χ4v) is 2.31. The van der Waals surface area contributed by atoms with Crippen molar-refractivity contribution in [3.8, 4) is 0 Å². The molecular weight excluding hydrogens is 321 g/mol. The number of halogens is 2. The standard InChI is InChI=1S/C15H13ClFN5O/c1-8-5-19-12(6-18-8)15(23)20-7-14-21-11-3-9(16)10(17)4-13(11)22(14)2/h3-6H,7H2,1-2H3,(H,20,23). The summed E-state index contributed by atoms with van der Waals surface area (Å²) in [5, 5.41) is 2.73. The van der Waals surface area contributed by atoms with Crippen molar-refractivity contribution >= 4 is 28.5 Å². The number of rotatable bonds is 3. The van der Waals surface area contributed by atoms with E-state index in [4.69, 9.17) is 11.6 Å². The maximum Gasteiger partial charge on any atom is 0.271 e. The smallest absolute Gasteiger partial charge is 0.271 e. The van der Waals surface area contributed by atoms with E-state index in [1.54, 1.807) is 18.5 Å². The van der Waals surface area contributed by atoms with E-state index in [2.05, 4.69) is 20.3 Å². The molecule has 8 heteroatoms. The molecule has 1 amide bonds. The third-order valence-electron chi connectivity index (χ3n) is 3.44. The van der Waals surface area contributed by atoms with E-state index in [0.29, 0.717) is 16.9 Å². The lowest BCUT2D eigenvalue weighted by molar-refractivity contribution is 0.0944. The van der Waals surface area contributed by atoms with Gasteiger partial charge in [0.05, 0.1) is 34.5 Å². The zero-order valence-corrected chi connectivity index (χ0v) is 13.2. The summed E-state index contributed by atoms with van der Waals surface area (Å²) in [5.74, 6) is -0.281. The van der Waals surface area contributed by atoms with Crippen molar-refractivity contribution in [2.45, 2.75) is 13.5 Å². The molecule has 1 aromatic carbocycles. The minimum Gasteiger partial charge on any atom is -0.343 e. The van der Waals surface area contributed by atoms with E-state index >= 15 is 0 Å². The van der Waals surface area contributed by atoms with Crippen LogP contribution < -0.4 is 5.32 Å². The van der Waals surface area contributed by atoms with Crippen LogP contribution in [0.4, 0.5) is 4.39 Å². The van der Waals surface area contributed by atoms with Crippen molar-refractivity contribution in [3.05, 3.63) is 52.6 Å². The monoisotopic (exact) mass is 333 g/mol. The van der Waals surface area contributed by atoms with Crippen LogP contribution >= 0.6 is 11.6 Å². The van der Waals surface area contributed by atoms with E-state index in [9.17, 15) is 9.18 Å². The molecular formula is C15H13ClFN5O. The van der Waals surface area contributed by atoms with Gasteiger partial charge in [0.1, 0.15) is 17.3 Å². The molecule has 0 fully saturated rings. The Kier molecular flexibility index (Phi) is 3.96. The molecule has 1 N–H and O–H groups in total. The summed E-state index contributed by atoms with van der Waals surface area (Å²) in [6, 6.07) is 2.78. The molecule has 0 saturated heterocycles. The Hall–Kier alpha value is -2.54. The molecule has 0 aliphatic carbocycles. The number of hydrogen-bond donors (Lipinski definition) is 1. The summed E-state index contributed by atoms with van der Waals surface area (Å²) in [6.07, 6.45) is 2.93. The molecule has 2 aromatic heterocycles. The molecule has 0 atom stereocenters. The van der Waals surface area contributed by atoms with E-state index in [1.807, 2.05) is 0 Å². The number of hydrogen-bond acceptors (Lipinski definition) is 4. The molecule has 0 radical (unpaired) electrons. The molecule has 3 aromatic rings. The zero-order chi connectivity index (χ0) is 16.6. The van der Waals surface area contributed by atoms with Crippen LogP contribution in [0.5, 0.6) is 0 Å². The number of benzene rings is 1. The van der Waals surface area contributed by atoms with Gasteiger partial charge in [0.2, 0.25) is 0 Å². The van der Waals surface area contributed by atoms with Gasteiger partial charge in [-0.3, -0.25) is 9.78 Å². The van der Waals surface area contributed by atoms with Crippen LogP contribution in [0.1, 0.15) is 22.0 Å². The van der Waals surface area contributed by atoms with E-state index in [-0.39, 0.29) is 23.2 Å². The SMILES string of the molecule is Cc1cnc(C(=O)NCc2nc3cc(Cl)c(F)cc3n2C)cn1. The van der Waals surface area contributed by atoms with Crippen LogP contribution in [-0.2, 0) is 13.6 Å². The van der Waals surface area contributed by atoms with Crippen molar-refractivity contribution in [1.29, 1.82) is 0 Å². The lowest BCUT2D eigenvalue weighted by Crippen LogP contribution is -2.25. The second kappa shape index (κ2) is 5.92. The third kappa shape index (κ3) is 3.00. The van der Waals surface area contributed by atoms with Gasteiger partial charge in [0.25, 0.3) is 5.91 Å². The highest BCUT2D eigenvalue weighted by Crippen LogP contribution is 2.23. The van der Waals surface area contributed by atoms with Crippen LogP contribution in [0.15, 0.2) is 24.5 Å². The van der Waals surface area contributed by atoms with Gasteiger partial charge in [-0.25, -0.2) is 14.4 Å². The Morgan fingerprint density at radius 3 is 2.83 bits per heavy atom. The molecule has 0 unspecified atom stereocenters. The number of imidazole rings is 1. The molecule has 0 bridgehead atoms. The van der Waals surface area contributed by atoms with Crippen LogP contribution in [0.25, 0.3) is 11.0 Å². The molecule has 0 spiro atoms. The summed E-state index contributed by atoms with van der Waals surface area (Å²) < 4.78 is 15.3. The lowest BCUT2D eigenvalue weighted by atomic mass is 10.3. The summed E-state index contributed by atoms with van der Waals surface area (Å²) in [5.41, 5.74) is 2.13. The number of carbonyl (C=O) groups is 1. The number of fused-ring (bicyclic) bond motifs is 1. The van der Waals surface area contributed by atoms with Crippen LogP contribution in [0.3, 0.4) is 0 Å². The van der Waals surface area contributed by atoms with Gasteiger partial charge in [-0.2, -0.15) is 0 Å². The van der Waals surface area contributed by atoms with Gasteiger partial charge in [0.15, 0.2) is 0 Å². The highest BCUT2D eigenvalue weighted by Gasteiger charge is 2.13. The second-order valence-electron chi connectivity index (χ2n) is 5.07. The van der Waals surface area contributed by atoms with Crippen LogP contribution in [0, 0.1) is 12.7 Å². The highest BCUT2D eigenvalue weighted by atomic mass is 35.5. The first kappa shape index (κ1) is 15.4. The number of aromatic nitrogens is 4. The number of aryl methyl sites for hydroxylation is 2. The largest absolute Gasteiger partial charge is 0.343 e. The van der Waals surface area contributed by atoms with Gasteiger partial charge in [-0.1, -0.05) is 11.6 Å². The van der Waals surface area contributed by atoms with Crippen molar-refractivity contribution < 1.29 is 9.18 Å². The number of amides is 1. The number of nitrogens with one attached hydrogen (secondary N) is 1. The number of nitrogens with zero attached hydrogens (tertiary/aromatic N) is 4. The average molecular weight is 334 g/mol. The first-order valence-corrected chi connectivity index (χ1v) is 7.20. The Morgan fingerprint density at radius 1 is 1.35 bits per heavy atom. The molecule has 118 valence electrons. The summed E-state index contributed by atoms with van der Waals surface area (Å²) in [7, 11) is 1.75. The van der Waals surface area contributed by atoms with Crippen LogP contribution in [0.2, 0.25) is 5.02 Å². The van der Waals surface area contributed by atoms with Crippen molar-refractivity contribution in [1.82, 2.24) is 24.8 Å². The second-order valence-corrected chi connectivity index (χ2v) is 5.47. The number of carbonyl (C=O) groups excluding carboxylic acids is 1. The maximum atomic E-state index is 13.5. The van der Waals surface area contributed by atoms with Gasteiger partial charge in [0, 0.05) is 19.3 Å². The normalized spacial score (nSPS) is 11.0. The average Bonchev–Trinajstić information content (AvgIpc) is 2.82. The fraction of sp³-hybridized carbons (Fsp3) is 0.200. The van der Waals surface area contributed by atoms with Crippen molar-refractivity contribution in [2.24, 2.45) is 7.05 Å². The van der Waals surface area contributed by atoms with Gasteiger partial charge >= 0.3 is 0 Å². The summed E-state index contributed by atoms with van der Waals surface area (Å²) in [4.78, 5) is 24.4. The minimum absolute atomic E-state index is 0.0149. The first-order valence-electron chi connectivity index (χ1n) is 6.83. The quantitative estimate of drug-likeness (QED) is 0.798. The Balaban J connectivity index is 1.80. The molecule has 0 aliphatic rings. The molecule has 23 heavy (non-hydrogen) atoms. The fourth-order valence-electron chi connectivity index (χ4n) is 2.15. The zero-order valence-electron chi connectivity index (χ0n) is 12.5. The molecule has 2 heterocycles. The van der Waals surface area contributed by atoms with Crippen LogP contribution in [-0.4, -0.2) is 25.4 Å². The van der Waals surface area contributed by atoms with Gasteiger partial charge < -0.3 is 9.88 Å². The minimum atomic E-state index is -0.507. The third-order valence-corrected chi connectivity index (χ3v) is 3.73. The molecule has 6 nitrogen and oxygen atoms in total. The predicted octanol–water partition coefficient (Wildman–Crippen LogP) is 2.39. The first-order chi connectivity index (χ1) is 11.0.